The molecule has 1 aliphatic carbocycles. The van der Waals surface area contributed by atoms with E-state index in [-0.39, 0.29) is 33.1 Å². The minimum absolute atomic E-state index is 0. The Hall–Kier alpha value is -1.76. The van der Waals surface area contributed by atoms with Crippen LogP contribution < -0.4 is 29.5 Å². The van der Waals surface area contributed by atoms with Crippen LogP contribution in [0.5, 0.6) is 0 Å². The summed E-state index contributed by atoms with van der Waals surface area (Å²) in [7, 11) is -3.70. The van der Waals surface area contributed by atoms with Gasteiger partial charge in [-0.05, 0) is 65.8 Å². The molecule has 0 saturated heterocycles. The van der Waals surface area contributed by atoms with Crippen LogP contribution in [0.25, 0.3) is 11.1 Å². The van der Waals surface area contributed by atoms with Gasteiger partial charge in [-0.25, -0.2) is 8.42 Å². The van der Waals surface area contributed by atoms with Crippen LogP contribution in [0.4, 0.5) is 0 Å². The standard InChI is InChI=1S/C31H44N2O5S2.Li.H/c1-4-39-21-25(18-23-11-6-5-7-12-23)32-20-24-14-15-27(28(19-24)26-13-9-8-10-22(26)2)31(36)33-29(40(3,37)38)16-17-30(34)35;;/h8-10,13-15,19,23,25,29,32H,4-7,11-12,16-18,20-21H2,1-3H3,(H,33,36)(H,34,35);;/q;+1;-1. The minimum Gasteiger partial charge on any atom is -1.00 e. The number of carboxylic acids is 1. The fourth-order valence-corrected chi connectivity index (χ4v) is 7.07. The van der Waals surface area contributed by atoms with Crippen molar-refractivity contribution in [3.05, 3.63) is 59.2 Å². The molecule has 0 aliphatic heterocycles. The Morgan fingerprint density at radius 3 is 2.44 bits per heavy atom. The number of carbonyl (C=O) groups is 2. The number of sulfone groups is 1. The average molecular weight is 597 g/mol. The second-order valence-electron chi connectivity index (χ2n) is 10.9. The van der Waals surface area contributed by atoms with E-state index in [2.05, 4.69) is 17.6 Å². The molecule has 2 aromatic rings. The Morgan fingerprint density at radius 1 is 1.10 bits per heavy atom. The SMILES string of the molecule is CCSCC(CC1CCCCC1)NCc1ccc(C(=O)NC(CCC(=O)O)S(C)(=O)=O)c(-c2ccccc2C)c1.[H-].[Li+]. The van der Waals surface area contributed by atoms with Crippen LogP contribution in [0.3, 0.4) is 0 Å². The zero-order valence-electron chi connectivity index (χ0n) is 25.9. The number of benzene rings is 2. The van der Waals surface area contributed by atoms with Crippen LogP contribution in [-0.4, -0.2) is 54.6 Å². The number of aryl methyl sites for hydroxylation is 1. The van der Waals surface area contributed by atoms with Gasteiger partial charge in [-0.1, -0.05) is 69.4 Å². The van der Waals surface area contributed by atoms with Crippen LogP contribution in [0, 0.1) is 12.8 Å². The van der Waals surface area contributed by atoms with Gasteiger partial charge < -0.3 is 17.2 Å². The number of carboxylic acid groups (broad SMARTS) is 1. The number of carbonyl (C=O) groups excluding carboxylic acids is 1. The van der Waals surface area contributed by atoms with E-state index in [0.717, 1.165) is 45.9 Å². The van der Waals surface area contributed by atoms with Crippen molar-refractivity contribution in [2.45, 2.75) is 83.2 Å². The fraction of sp³-hybridized carbons (Fsp3) is 0.548. The third kappa shape index (κ3) is 11.4. The predicted octanol–water partition coefficient (Wildman–Crippen LogP) is 2.93. The zero-order chi connectivity index (χ0) is 29.1. The van der Waals surface area contributed by atoms with Crippen molar-refractivity contribution >= 4 is 33.5 Å². The van der Waals surface area contributed by atoms with Gasteiger partial charge in [-0.15, -0.1) is 0 Å². The van der Waals surface area contributed by atoms with Crippen molar-refractivity contribution in [2.24, 2.45) is 5.92 Å². The molecule has 2 unspecified atom stereocenters. The summed E-state index contributed by atoms with van der Waals surface area (Å²) in [5, 5.41) is 14.1. The van der Waals surface area contributed by atoms with E-state index in [4.69, 9.17) is 5.11 Å². The molecule has 41 heavy (non-hydrogen) atoms. The molecule has 1 fully saturated rings. The maximum absolute atomic E-state index is 13.4. The van der Waals surface area contributed by atoms with E-state index in [1.54, 1.807) is 6.07 Å². The normalized spacial score (nSPS) is 15.5. The second kappa shape index (κ2) is 17.4. The number of aliphatic carboxylic acids is 1. The van der Waals surface area contributed by atoms with Crippen LogP contribution in [-0.2, 0) is 21.2 Å². The summed E-state index contributed by atoms with van der Waals surface area (Å²) in [5.74, 6) is 1.29. The second-order valence-corrected chi connectivity index (χ2v) is 14.4. The van der Waals surface area contributed by atoms with Crippen molar-refractivity contribution in [1.29, 1.82) is 0 Å². The van der Waals surface area contributed by atoms with Gasteiger partial charge in [-0.3, -0.25) is 9.59 Å². The summed E-state index contributed by atoms with van der Waals surface area (Å²) in [5.41, 5.74) is 4.04. The number of hydrogen-bond donors (Lipinski definition) is 3. The monoisotopic (exact) mass is 596 g/mol. The van der Waals surface area contributed by atoms with Gasteiger partial charge in [-0.2, -0.15) is 11.8 Å². The molecule has 0 spiro atoms. The molecule has 2 atom stereocenters. The predicted molar refractivity (Wildman–Crippen MR) is 166 cm³/mol. The van der Waals surface area contributed by atoms with Gasteiger partial charge in [0.05, 0.1) is 0 Å². The van der Waals surface area contributed by atoms with Crippen molar-refractivity contribution in [2.75, 3.05) is 17.8 Å². The first-order valence-corrected chi connectivity index (χ1v) is 17.4. The molecular weight excluding hydrogens is 551 g/mol. The molecule has 3 rings (SSSR count). The van der Waals surface area contributed by atoms with Crippen LogP contribution in [0.1, 0.15) is 81.2 Å². The summed E-state index contributed by atoms with van der Waals surface area (Å²) in [6, 6.07) is 13.9. The number of hydrogen-bond acceptors (Lipinski definition) is 6. The van der Waals surface area contributed by atoms with Gasteiger partial charge in [0.15, 0.2) is 9.84 Å². The summed E-state index contributed by atoms with van der Waals surface area (Å²) in [4.78, 5) is 24.5. The number of nitrogens with one attached hydrogen (secondary N) is 2. The maximum Gasteiger partial charge on any atom is 1.00 e. The Bertz CT molecular complexity index is 1260. The van der Waals surface area contributed by atoms with Crippen molar-refractivity contribution in [3.8, 4) is 11.1 Å². The number of amides is 1. The number of rotatable bonds is 15. The van der Waals surface area contributed by atoms with Gasteiger partial charge in [0.25, 0.3) is 5.91 Å². The third-order valence-corrected chi connectivity index (χ3v) is 10.1. The Morgan fingerprint density at radius 2 is 1.80 bits per heavy atom. The van der Waals surface area contributed by atoms with Crippen molar-refractivity contribution in [3.63, 3.8) is 0 Å². The van der Waals surface area contributed by atoms with Crippen LogP contribution >= 0.6 is 11.8 Å². The first kappa shape index (κ1) is 35.4. The minimum atomic E-state index is -3.70. The molecule has 2 aromatic carbocycles. The molecule has 0 aromatic heterocycles. The Kier molecular flexibility index (Phi) is 15.0. The molecule has 1 aliphatic rings. The van der Waals surface area contributed by atoms with E-state index < -0.39 is 27.1 Å². The molecule has 3 N–H and O–H groups in total. The van der Waals surface area contributed by atoms with E-state index >= 15 is 0 Å². The summed E-state index contributed by atoms with van der Waals surface area (Å²) >= 11 is 1.96. The van der Waals surface area contributed by atoms with Crippen molar-refractivity contribution < 1.29 is 43.4 Å². The molecule has 7 nitrogen and oxygen atoms in total. The molecule has 0 bridgehead atoms. The molecule has 222 valence electrons. The van der Waals surface area contributed by atoms with Crippen LogP contribution in [0.15, 0.2) is 42.5 Å². The van der Waals surface area contributed by atoms with E-state index in [0.29, 0.717) is 18.2 Å². The van der Waals surface area contributed by atoms with Gasteiger partial charge >= 0.3 is 24.8 Å². The summed E-state index contributed by atoms with van der Waals surface area (Å²) in [6.07, 6.45) is 8.29. The fourth-order valence-electron chi connectivity index (χ4n) is 5.43. The number of thioether (sulfide) groups is 1. The quantitative estimate of drug-likeness (QED) is 0.271. The first-order chi connectivity index (χ1) is 19.1. The summed E-state index contributed by atoms with van der Waals surface area (Å²) in [6.45, 7) is 4.85. The van der Waals surface area contributed by atoms with Gasteiger partial charge in [0.2, 0.25) is 0 Å². The van der Waals surface area contributed by atoms with E-state index in [1.807, 2.05) is 55.1 Å². The molecule has 1 amide bonds. The first-order valence-electron chi connectivity index (χ1n) is 14.3. The smallest absolute Gasteiger partial charge is 1.00 e. The van der Waals surface area contributed by atoms with Gasteiger partial charge in [0, 0.05) is 36.6 Å². The zero-order valence-corrected chi connectivity index (χ0v) is 26.6. The molecule has 0 radical (unpaired) electrons. The largest absolute Gasteiger partial charge is 1.00 e. The molecule has 0 heterocycles. The molecule has 10 heteroatoms. The van der Waals surface area contributed by atoms with E-state index in [9.17, 15) is 18.0 Å². The molecule has 1 saturated carbocycles. The topological polar surface area (TPSA) is 113 Å². The van der Waals surface area contributed by atoms with E-state index in [1.165, 1.54) is 38.5 Å². The average Bonchev–Trinajstić information content (AvgIpc) is 2.92. The Balaban J connectivity index is 0.00000441. The van der Waals surface area contributed by atoms with Crippen molar-refractivity contribution in [1.82, 2.24) is 10.6 Å². The Labute approximate surface area is 263 Å². The third-order valence-electron chi connectivity index (χ3n) is 7.65. The van der Waals surface area contributed by atoms with Gasteiger partial charge in [0.1, 0.15) is 5.37 Å². The summed E-state index contributed by atoms with van der Waals surface area (Å²) < 4.78 is 24.6. The maximum atomic E-state index is 13.4. The van der Waals surface area contributed by atoms with Crippen LogP contribution in [0.2, 0.25) is 0 Å². The molecular formula is C31H45LiN2O5S2.